The van der Waals surface area contributed by atoms with Crippen LogP contribution < -0.4 is 10.2 Å². The fourth-order valence-electron chi connectivity index (χ4n) is 2.48. The maximum atomic E-state index is 6.19. The Hall–Kier alpha value is -0.840. The molecule has 1 saturated heterocycles. The fraction of sp³-hybridized carbons (Fsp3) is 0.667. The van der Waals surface area contributed by atoms with E-state index in [9.17, 15) is 0 Å². The second kappa shape index (κ2) is 7.81. The maximum Gasteiger partial charge on any atom is 0.128 e. The molecular formula is C15H24ClN3O. The molecule has 1 fully saturated rings. The lowest BCUT2D eigenvalue weighted by Gasteiger charge is -2.28. The molecule has 1 aliphatic rings. The van der Waals surface area contributed by atoms with Crippen molar-refractivity contribution in [3.05, 3.63) is 22.8 Å². The second-order valence-electron chi connectivity index (χ2n) is 5.35. The van der Waals surface area contributed by atoms with Crippen LogP contribution in [0.15, 0.2) is 12.3 Å². The summed E-state index contributed by atoms with van der Waals surface area (Å²) in [7, 11) is 2.10. The summed E-state index contributed by atoms with van der Waals surface area (Å²) in [6.07, 6.45) is 4.04. The third kappa shape index (κ3) is 4.33. The van der Waals surface area contributed by atoms with Gasteiger partial charge in [-0.25, -0.2) is 4.98 Å². The Balaban J connectivity index is 1.99. The molecule has 1 N–H and O–H groups in total. The molecule has 4 nitrogen and oxygen atoms in total. The Labute approximate surface area is 126 Å². The first-order valence-corrected chi connectivity index (χ1v) is 7.72. The molecular weight excluding hydrogens is 274 g/mol. The minimum Gasteiger partial charge on any atom is -0.381 e. The van der Waals surface area contributed by atoms with Crippen molar-refractivity contribution in [2.45, 2.75) is 26.3 Å². The molecule has 0 aromatic carbocycles. The van der Waals surface area contributed by atoms with Gasteiger partial charge >= 0.3 is 0 Å². The lowest BCUT2D eigenvalue weighted by molar-refractivity contribution is 0.0685. The predicted octanol–water partition coefficient (Wildman–Crippen LogP) is 2.71. The van der Waals surface area contributed by atoms with Crippen molar-refractivity contribution in [1.82, 2.24) is 10.3 Å². The largest absolute Gasteiger partial charge is 0.381 e. The van der Waals surface area contributed by atoms with Crippen LogP contribution in [0.4, 0.5) is 5.82 Å². The monoisotopic (exact) mass is 297 g/mol. The van der Waals surface area contributed by atoms with Gasteiger partial charge in [-0.15, -0.1) is 0 Å². The summed E-state index contributed by atoms with van der Waals surface area (Å²) in [5.74, 6) is 1.69. The highest BCUT2D eigenvalue weighted by molar-refractivity contribution is 6.31. The van der Waals surface area contributed by atoms with Gasteiger partial charge < -0.3 is 15.0 Å². The summed E-state index contributed by atoms with van der Waals surface area (Å²) in [6, 6.07) is 2.09. The number of pyridine rings is 1. The van der Waals surface area contributed by atoms with Gasteiger partial charge in [0.25, 0.3) is 0 Å². The van der Waals surface area contributed by atoms with Gasteiger partial charge in [0, 0.05) is 39.5 Å². The molecule has 0 bridgehead atoms. The summed E-state index contributed by atoms with van der Waals surface area (Å²) in [5.41, 5.74) is 1.11. The molecule has 0 saturated carbocycles. The molecule has 0 spiro atoms. The number of aromatic nitrogens is 1. The van der Waals surface area contributed by atoms with Crippen LogP contribution in [-0.2, 0) is 11.3 Å². The number of halogens is 1. The van der Waals surface area contributed by atoms with E-state index in [0.29, 0.717) is 5.92 Å². The molecule has 1 aromatic heterocycles. The molecule has 2 heterocycles. The van der Waals surface area contributed by atoms with Crippen LogP contribution in [0.25, 0.3) is 0 Å². The number of anilines is 1. The van der Waals surface area contributed by atoms with Gasteiger partial charge in [-0.1, -0.05) is 18.5 Å². The number of hydrogen-bond acceptors (Lipinski definition) is 4. The highest BCUT2D eigenvalue weighted by Gasteiger charge is 2.17. The third-order valence-electron chi connectivity index (χ3n) is 3.75. The number of ether oxygens (including phenoxy) is 1. The molecule has 0 atom stereocenters. The van der Waals surface area contributed by atoms with E-state index in [4.69, 9.17) is 16.3 Å². The summed E-state index contributed by atoms with van der Waals surface area (Å²) in [6.45, 7) is 6.62. The Morgan fingerprint density at radius 3 is 2.90 bits per heavy atom. The van der Waals surface area contributed by atoms with E-state index in [-0.39, 0.29) is 0 Å². The minimum absolute atomic E-state index is 0.698. The van der Waals surface area contributed by atoms with E-state index < -0.39 is 0 Å². The van der Waals surface area contributed by atoms with E-state index in [1.54, 1.807) is 6.20 Å². The lowest BCUT2D eigenvalue weighted by atomic mass is 10.00. The fourth-order valence-corrected chi connectivity index (χ4v) is 2.65. The average molecular weight is 298 g/mol. The van der Waals surface area contributed by atoms with Gasteiger partial charge in [-0.05, 0) is 36.9 Å². The summed E-state index contributed by atoms with van der Waals surface area (Å²) < 4.78 is 5.41. The SMILES string of the molecule is CCNCc1cc(N(C)CC2CCOCC2)ncc1Cl. The normalized spacial score (nSPS) is 16.4. The van der Waals surface area contributed by atoms with Crippen LogP contribution in [0.3, 0.4) is 0 Å². The molecule has 0 amide bonds. The van der Waals surface area contributed by atoms with Crippen LogP contribution >= 0.6 is 11.6 Å². The van der Waals surface area contributed by atoms with Gasteiger partial charge in [0.15, 0.2) is 0 Å². The van der Waals surface area contributed by atoms with E-state index in [1.807, 2.05) is 0 Å². The Morgan fingerprint density at radius 1 is 1.45 bits per heavy atom. The zero-order valence-corrected chi connectivity index (χ0v) is 13.1. The summed E-state index contributed by atoms with van der Waals surface area (Å²) >= 11 is 6.19. The topological polar surface area (TPSA) is 37.4 Å². The molecule has 0 radical (unpaired) electrons. The molecule has 0 aliphatic carbocycles. The molecule has 112 valence electrons. The Bertz CT molecular complexity index is 422. The van der Waals surface area contributed by atoms with Crippen molar-refractivity contribution >= 4 is 17.4 Å². The molecule has 1 aromatic rings. The number of nitrogens with one attached hydrogen (secondary N) is 1. The first-order valence-electron chi connectivity index (χ1n) is 7.34. The van der Waals surface area contributed by atoms with Gasteiger partial charge in [-0.2, -0.15) is 0 Å². The van der Waals surface area contributed by atoms with Crippen LogP contribution in [0.1, 0.15) is 25.3 Å². The molecule has 0 unspecified atom stereocenters. The third-order valence-corrected chi connectivity index (χ3v) is 4.09. The Kier molecular flexibility index (Phi) is 6.07. The van der Waals surface area contributed by atoms with Crippen molar-refractivity contribution in [2.24, 2.45) is 5.92 Å². The van der Waals surface area contributed by atoms with E-state index in [2.05, 4.69) is 35.2 Å². The molecule has 1 aliphatic heterocycles. The first kappa shape index (κ1) is 15.5. The van der Waals surface area contributed by atoms with Gasteiger partial charge in [0.2, 0.25) is 0 Å². The smallest absolute Gasteiger partial charge is 0.128 e. The minimum atomic E-state index is 0.698. The van der Waals surface area contributed by atoms with Crippen molar-refractivity contribution in [3.8, 4) is 0 Å². The number of rotatable bonds is 6. The van der Waals surface area contributed by atoms with Crippen molar-refractivity contribution in [3.63, 3.8) is 0 Å². The van der Waals surface area contributed by atoms with Crippen molar-refractivity contribution in [2.75, 3.05) is 38.3 Å². The number of hydrogen-bond donors (Lipinski definition) is 1. The van der Waals surface area contributed by atoms with Crippen LogP contribution in [-0.4, -0.2) is 38.3 Å². The quantitative estimate of drug-likeness (QED) is 0.876. The predicted molar refractivity (Wildman–Crippen MR) is 83.4 cm³/mol. The maximum absolute atomic E-state index is 6.19. The zero-order valence-electron chi connectivity index (χ0n) is 12.4. The molecule has 20 heavy (non-hydrogen) atoms. The van der Waals surface area contributed by atoms with E-state index >= 15 is 0 Å². The summed E-state index contributed by atoms with van der Waals surface area (Å²) in [5, 5.41) is 4.04. The van der Waals surface area contributed by atoms with Crippen LogP contribution in [0.5, 0.6) is 0 Å². The molecule has 5 heteroatoms. The standard InChI is InChI=1S/C15H24ClN3O/c1-3-17-9-13-8-15(18-10-14(13)16)19(2)11-12-4-6-20-7-5-12/h8,10,12,17H,3-7,9,11H2,1-2H3. The molecule has 2 rings (SSSR count). The van der Waals surface area contributed by atoms with E-state index in [0.717, 1.165) is 62.1 Å². The Morgan fingerprint density at radius 2 is 2.20 bits per heavy atom. The average Bonchev–Trinajstić information content (AvgIpc) is 2.47. The van der Waals surface area contributed by atoms with Crippen LogP contribution in [0, 0.1) is 5.92 Å². The first-order chi connectivity index (χ1) is 9.70. The zero-order chi connectivity index (χ0) is 14.4. The van der Waals surface area contributed by atoms with E-state index in [1.165, 1.54) is 0 Å². The summed E-state index contributed by atoms with van der Waals surface area (Å²) in [4.78, 5) is 6.67. The second-order valence-corrected chi connectivity index (χ2v) is 5.76. The van der Waals surface area contributed by atoms with Crippen molar-refractivity contribution < 1.29 is 4.74 Å². The van der Waals surface area contributed by atoms with Crippen molar-refractivity contribution in [1.29, 1.82) is 0 Å². The number of nitrogens with zero attached hydrogens (tertiary/aromatic N) is 2. The highest BCUT2D eigenvalue weighted by atomic mass is 35.5. The van der Waals surface area contributed by atoms with Gasteiger partial charge in [0.05, 0.1) is 5.02 Å². The van der Waals surface area contributed by atoms with Gasteiger partial charge in [-0.3, -0.25) is 0 Å². The van der Waals surface area contributed by atoms with Gasteiger partial charge in [0.1, 0.15) is 5.82 Å². The highest BCUT2D eigenvalue weighted by Crippen LogP contribution is 2.22. The van der Waals surface area contributed by atoms with Crippen LogP contribution in [0.2, 0.25) is 5.02 Å². The lowest BCUT2D eigenvalue weighted by Crippen LogP contribution is -2.30.